The van der Waals surface area contributed by atoms with E-state index in [0.29, 0.717) is 0 Å². The van der Waals surface area contributed by atoms with Gasteiger partial charge in [0.25, 0.3) is 0 Å². The topological polar surface area (TPSA) is 34.2 Å². The van der Waals surface area contributed by atoms with Gasteiger partial charge < -0.3 is 14.5 Å². The van der Waals surface area contributed by atoms with E-state index in [9.17, 15) is 0 Å². The normalized spacial score (nSPS) is 14.8. The monoisotopic (exact) mass is 389 g/mol. The molecule has 5 rings (SSSR count). The van der Waals surface area contributed by atoms with Gasteiger partial charge in [-0.25, -0.2) is 0 Å². The van der Waals surface area contributed by atoms with Crippen molar-refractivity contribution in [1.29, 1.82) is 0 Å². The van der Waals surface area contributed by atoms with E-state index < -0.39 is 0 Å². The number of H-pyrrole nitrogens is 1. The van der Waals surface area contributed by atoms with E-state index in [1.54, 1.807) is 14.2 Å². The summed E-state index contributed by atoms with van der Waals surface area (Å²) in [5.41, 5.74) is 8.23. The van der Waals surface area contributed by atoms with Gasteiger partial charge in [0.1, 0.15) is 11.5 Å². The Morgan fingerprint density at radius 1 is 0.893 bits per heavy atom. The van der Waals surface area contributed by atoms with Crippen LogP contribution >= 0.6 is 11.6 Å². The number of aryl methyl sites for hydroxylation is 1. The van der Waals surface area contributed by atoms with E-state index >= 15 is 0 Å². The minimum Gasteiger partial charge on any atom is -0.497 e. The molecule has 1 N–H and O–H groups in total. The molecule has 4 aromatic rings. The summed E-state index contributed by atoms with van der Waals surface area (Å²) in [7, 11) is 3.39. The van der Waals surface area contributed by atoms with Crippen LogP contribution < -0.4 is 9.47 Å². The van der Waals surface area contributed by atoms with Gasteiger partial charge in [0.05, 0.1) is 14.2 Å². The van der Waals surface area contributed by atoms with Crippen LogP contribution in [-0.2, 0) is 0 Å². The van der Waals surface area contributed by atoms with Crippen molar-refractivity contribution in [3.8, 4) is 22.6 Å². The third-order valence-electron chi connectivity index (χ3n) is 5.71. The molecule has 0 fully saturated rings. The minimum absolute atomic E-state index is 0.0688. The van der Waals surface area contributed by atoms with Crippen LogP contribution in [0.3, 0.4) is 0 Å². The average molecular weight is 390 g/mol. The average Bonchev–Trinajstić information content (AvgIpc) is 3.20. The summed E-state index contributed by atoms with van der Waals surface area (Å²) in [6.07, 6.45) is 0. The molecule has 0 saturated carbocycles. The summed E-state index contributed by atoms with van der Waals surface area (Å²) < 4.78 is 11.3. The van der Waals surface area contributed by atoms with E-state index in [2.05, 4.69) is 48.3 Å². The molecular formula is C24H20ClNO2. The highest BCUT2D eigenvalue weighted by Crippen LogP contribution is 2.55. The second-order valence-corrected chi connectivity index (χ2v) is 7.60. The van der Waals surface area contributed by atoms with Crippen LogP contribution in [0.1, 0.15) is 28.3 Å². The van der Waals surface area contributed by atoms with E-state index in [-0.39, 0.29) is 5.92 Å². The fourth-order valence-corrected chi connectivity index (χ4v) is 4.72. The van der Waals surface area contributed by atoms with Crippen LogP contribution in [0.4, 0.5) is 0 Å². The summed E-state index contributed by atoms with van der Waals surface area (Å²) in [6.45, 7) is 2.14. The third-order valence-corrected chi connectivity index (χ3v) is 5.94. The van der Waals surface area contributed by atoms with Crippen LogP contribution in [0.25, 0.3) is 22.0 Å². The Balaban J connectivity index is 1.89. The highest BCUT2D eigenvalue weighted by atomic mass is 35.5. The van der Waals surface area contributed by atoms with E-state index in [4.69, 9.17) is 21.1 Å². The SMILES string of the molecule is COc1cc(OC)c2c(c1)-c1cc(Cl)ccc1[C@H]2c1c(C)[nH]c2ccccc12. The Labute approximate surface area is 168 Å². The van der Waals surface area contributed by atoms with Crippen molar-refractivity contribution in [3.05, 3.63) is 82.0 Å². The molecule has 1 heterocycles. The van der Waals surface area contributed by atoms with Gasteiger partial charge in [0.15, 0.2) is 0 Å². The fraction of sp³-hybridized carbons (Fsp3) is 0.167. The summed E-state index contributed by atoms with van der Waals surface area (Å²) >= 11 is 6.37. The van der Waals surface area contributed by atoms with Crippen molar-refractivity contribution in [2.24, 2.45) is 0 Å². The lowest BCUT2D eigenvalue weighted by molar-refractivity contribution is 0.391. The number of para-hydroxylation sites is 1. The number of aromatic amines is 1. The number of ether oxygens (including phenoxy) is 2. The number of halogens is 1. The van der Waals surface area contributed by atoms with Crippen LogP contribution in [-0.4, -0.2) is 19.2 Å². The summed E-state index contributed by atoms with van der Waals surface area (Å²) in [4.78, 5) is 3.55. The largest absolute Gasteiger partial charge is 0.497 e. The first-order valence-corrected chi connectivity index (χ1v) is 9.63. The molecule has 1 aromatic heterocycles. The molecule has 3 aromatic carbocycles. The Morgan fingerprint density at radius 3 is 2.50 bits per heavy atom. The van der Waals surface area contributed by atoms with Crippen molar-refractivity contribution < 1.29 is 9.47 Å². The maximum absolute atomic E-state index is 6.37. The zero-order valence-corrected chi connectivity index (χ0v) is 16.7. The molecule has 0 amide bonds. The number of nitrogens with one attached hydrogen (secondary N) is 1. The van der Waals surface area contributed by atoms with Gasteiger partial charge in [0, 0.05) is 39.2 Å². The van der Waals surface area contributed by atoms with E-state index in [1.807, 2.05) is 18.2 Å². The van der Waals surface area contributed by atoms with Gasteiger partial charge in [0.2, 0.25) is 0 Å². The first kappa shape index (κ1) is 17.2. The molecular weight excluding hydrogens is 370 g/mol. The number of benzene rings is 3. The molecule has 140 valence electrons. The number of fused-ring (bicyclic) bond motifs is 4. The zero-order valence-electron chi connectivity index (χ0n) is 16.0. The molecule has 1 aliphatic rings. The van der Waals surface area contributed by atoms with E-state index in [0.717, 1.165) is 44.4 Å². The van der Waals surface area contributed by atoms with Crippen molar-refractivity contribution in [2.75, 3.05) is 14.2 Å². The maximum atomic E-state index is 6.37. The van der Waals surface area contributed by atoms with Crippen LogP contribution in [0.15, 0.2) is 54.6 Å². The molecule has 0 bridgehead atoms. The Hall–Kier alpha value is -2.91. The lowest BCUT2D eigenvalue weighted by atomic mass is 9.87. The third kappa shape index (κ3) is 2.36. The Morgan fingerprint density at radius 2 is 1.71 bits per heavy atom. The summed E-state index contributed by atoms with van der Waals surface area (Å²) in [5, 5.41) is 1.96. The predicted octanol–water partition coefficient (Wildman–Crippen LogP) is 6.31. The fourth-order valence-electron chi connectivity index (χ4n) is 4.55. The molecule has 0 unspecified atom stereocenters. The molecule has 3 nitrogen and oxygen atoms in total. The lowest BCUT2D eigenvalue weighted by Crippen LogP contribution is -2.03. The van der Waals surface area contributed by atoms with Gasteiger partial charge in [-0.05, 0) is 53.4 Å². The quantitative estimate of drug-likeness (QED) is 0.392. The predicted molar refractivity (Wildman–Crippen MR) is 114 cm³/mol. The molecule has 0 spiro atoms. The maximum Gasteiger partial charge on any atom is 0.127 e. The number of aromatic nitrogens is 1. The summed E-state index contributed by atoms with van der Waals surface area (Å²) in [5.74, 6) is 1.67. The van der Waals surface area contributed by atoms with Crippen molar-refractivity contribution in [3.63, 3.8) is 0 Å². The standard InChI is InChI=1S/C24H20ClNO2/c1-13-22(17-6-4-5-7-20(17)26-13)24-16-9-8-14(25)10-18(16)19-11-15(27-2)12-21(28-3)23(19)24/h4-12,24,26H,1-3H3/t24-/m0/s1. The smallest absolute Gasteiger partial charge is 0.127 e. The van der Waals surface area contributed by atoms with Gasteiger partial charge in [-0.3, -0.25) is 0 Å². The van der Waals surface area contributed by atoms with Crippen LogP contribution in [0.2, 0.25) is 5.02 Å². The highest BCUT2D eigenvalue weighted by Gasteiger charge is 2.36. The molecule has 4 heteroatoms. The number of hydrogen-bond acceptors (Lipinski definition) is 2. The van der Waals surface area contributed by atoms with Gasteiger partial charge in [-0.15, -0.1) is 0 Å². The molecule has 0 radical (unpaired) electrons. The minimum atomic E-state index is 0.0688. The van der Waals surface area contributed by atoms with Crippen LogP contribution in [0.5, 0.6) is 11.5 Å². The first-order chi connectivity index (χ1) is 13.6. The van der Waals surface area contributed by atoms with Gasteiger partial charge >= 0.3 is 0 Å². The molecule has 0 saturated heterocycles. The Bertz CT molecular complexity index is 1220. The van der Waals surface area contributed by atoms with Crippen molar-refractivity contribution in [1.82, 2.24) is 4.98 Å². The summed E-state index contributed by atoms with van der Waals surface area (Å²) in [6, 6.07) is 18.6. The zero-order chi connectivity index (χ0) is 19.4. The number of rotatable bonds is 3. The Kier molecular flexibility index (Phi) is 3.88. The molecule has 0 aliphatic heterocycles. The second-order valence-electron chi connectivity index (χ2n) is 7.16. The lowest BCUT2D eigenvalue weighted by Gasteiger charge is -2.18. The highest BCUT2D eigenvalue weighted by molar-refractivity contribution is 6.31. The first-order valence-electron chi connectivity index (χ1n) is 9.25. The van der Waals surface area contributed by atoms with E-state index in [1.165, 1.54) is 16.5 Å². The van der Waals surface area contributed by atoms with Crippen molar-refractivity contribution in [2.45, 2.75) is 12.8 Å². The second kappa shape index (κ2) is 6.32. The molecule has 1 atom stereocenters. The molecule has 28 heavy (non-hydrogen) atoms. The van der Waals surface area contributed by atoms with Gasteiger partial charge in [-0.2, -0.15) is 0 Å². The number of methoxy groups -OCH3 is 2. The van der Waals surface area contributed by atoms with Crippen molar-refractivity contribution >= 4 is 22.5 Å². The van der Waals surface area contributed by atoms with Crippen LogP contribution in [0, 0.1) is 6.92 Å². The molecule has 1 aliphatic carbocycles. The van der Waals surface area contributed by atoms with Gasteiger partial charge in [-0.1, -0.05) is 35.9 Å². The number of hydrogen-bond donors (Lipinski definition) is 1.